The molecule has 0 unspecified atom stereocenters. The zero-order chi connectivity index (χ0) is 11.9. The van der Waals surface area contributed by atoms with E-state index in [9.17, 15) is 4.79 Å². The summed E-state index contributed by atoms with van der Waals surface area (Å²) in [5.41, 5.74) is 0.673. The molecule has 1 heterocycles. The van der Waals surface area contributed by atoms with Crippen molar-refractivity contribution in [2.75, 3.05) is 5.32 Å². The van der Waals surface area contributed by atoms with Gasteiger partial charge in [0.1, 0.15) is 5.82 Å². The van der Waals surface area contributed by atoms with Gasteiger partial charge in [0.2, 0.25) is 0 Å². The number of hydrogen-bond donors (Lipinski definition) is 1. The molecule has 0 aliphatic carbocycles. The Labute approximate surface area is 99.8 Å². The van der Waals surface area contributed by atoms with E-state index >= 15 is 0 Å². The Morgan fingerprint density at radius 3 is 2.53 bits per heavy atom. The second-order valence-corrected chi connectivity index (χ2v) is 3.42. The van der Waals surface area contributed by atoms with Gasteiger partial charge in [-0.15, -0.1) is 0 Å². The molecule has 1 aromatic heterocycles. The molecule has 17 heavy (non-hydrogen) atoms. The smallest absolute Gasteiger partial charge is 0.187 e. The number of ketones is 1. The Kier molecular flexibility index (Phi) is 3.65. The molecule has 0 bridgehead atoms. The lowest BCUT2D eigenvalue weighted by Gasteiger charge is -1.97. The van der Waals surface area contributed by atoms with Crippen LogP contribution in [0.25, 0.3) is 0 Å². The van der Waals surface area contributed by atoms with Crippen molar-refractivity contribution < 1.29 is 4.79 Å². The van der Waals surface area contributed by atoms with Gasteiger partial charge in [0.05, 0.1) is 0 Å². The zero-order valence-electron chi connectivity index (χ0n) is 9.21. The number of hydrogen-bond acceptors (Lipinski definition) is 3. The Balaban J connectivity index is 1.96. The number of pyridine rings is 1. The molecule has 2 aromatic rings. The molecule has 84 valence electrons. The SMILES string of the molecule is O=C(C=CNc1ccccn1)c1ccccc1. The predicted octanol–water partition coefficient (Wildman–Crippen LogP) is 2.89. The fourth-order valence-electron chi connectivity index (χ4n) is 1.35. The maximum Gasteiger partial charge on any atom is 0.187 e. The molecule has 0 aliphatic heterocycles. The quantitative estimate of drug-likeness (QED) is 0.641. The summed E-state index contributed by atoms with van der Waals surface area (Å²) in [6.45, 7) is 0. The number of nitrogens with one attached hydrogen (secondary N) is 1. The normalized spacial score (nSPS) is 10.4. The minimum absolute atomic E-state index is 0.0333. The Morgan fingerprint density at radius 1 is 1.06 bits per heavy atom. The lowest BCUT2D eigenvalue weighted by atomic mass is 10.1. The van der Waals surface area contributed by atoms with E-state index in [0.717, 1.165) is 0 Å². The number of carbonyl (C=O) groups excluding carboxylic acids is 1. The van der Waals surface area contributed by atoms with Crippen LogP contribution in [0.2, 0.25) is 0 Å². The third-order valence-corrected chi connectivity index (χ3v) is 2.19. The van der Waals surface area contributed by atoms with E-state index in [1.54, 1.807) is 24.5 Å². The average molecular weight is 224 g/mol. The first-order valence-corrected chi connectivity index (χ1v) is 5.30. The molecule has 0 spiro atoms. The first kappa shape index (κ1) is 11.1. The lowest BCUT2D eigenvalue weighted by molar-refractivity contribution is 0.104. The van der Waals surface area contributed by atoms with Crippen molar-refractivity contribution in [3.8, 4) is 0 Å². The molecular formula is C14H12N2O. The molecule has 3 nitrogen and oxygen atoms in total. The Bertz CT molecular complexity index is 506. The van der Waals surface area contributed by atoms with Crippen LogP contribution in [0, 0.1) is 0 Å². The Hall–Kier alpha value is -2.42. The first-order valence-electron chi connectivity index (χ1n) is 5.30. The molecule has 2 rings (SSSR count). The summed E-state index contributed by atoms with van der Waals surface area (Å²) in [4.78, 5) is 15.8. The summed E-state index contributed by atoms with van der Waals surface area (Å²) in [5, 5.41) is 2.93. The van der Waals surface area contributed by atoms with Crippen LogP contribution < -0.4 is 5.32 Å². The molecule has 0 radical (unpaired) electrons. The van der Waals surface area contributed by atoms with Crippen LogP contribution in [0.4, 0.5) is 5.82 Å². The van der Waals surface area contributed by atoms with E-state index in [1.807, 2.05) is 36.4 Å². The molecule has 0 saturated heterocycles. The molecule has 0 saturated carbocycles. The highest BCUT2D eigenvalue weighted by atomic mass is 16.1. The number of aromatic nitrogens is 1. The van der Waals surface area contributed by atoms with Crippen molar-refractivity contribution in [2.45, 2.75) is 0 Å². The van der Waals surface area contributed by atoms with Crippen LogP contribution in [0.3, 0.4) is 0 Å². The first-order chi connectivity index (χ1) is 8.36. The number of anilines is 1. The average Bonchev–Trinajstić information content (AvgIpc) is 2.41. The van der Waals surface area contributed by atoms with Gasteiger partial charge < -0.3 is 5.32 Å². The molecular weight excluding hydrogens is 212 g/mol. The van der Waals surface area contributed by atoms with Crippen LogP contribution in [-0.4, -0.2) is 10.8 Å². The minimum Gasteiger partial charge on any atom is -0.347 e. The summed E-state index contributed by atoms with van der Waals surface area (Å²) >= 11 is 0. The van der Waals surface area contributed by atoms with Crippen LogP contribution >= 0.6 is 0 Å². The molecule has 0 amide bonds. The van der Waals surface area contributed by atoms with E-state index in [4.69, 9.17) is 0 Å². The van der Waals surface area contributed by atoms with Crippen molar-refractivity contribution in [1.29, 1.82) is 0 Å². The highest BCUT2D eigenvalue weighted by Gasteiger charge is 1.98. The van der Waals surface area contributed by atoms with E-state index in [2.05, 4.69) is 10.3 Å². The summed E-state index contributed by atoms with van der Waals surface area (Å²) in [6, 6.07) is 14.7. The van der Waals surface area contributed by atoms with Crippen LogP contribution in [-0.2, 0) is 0 Å². The summed E-state index contributed by atoms with van der Waals surface area (Å²) in [5.74, 6) is 0.679. The summed E-state index contributed by atoms with van der Waals surface area (Å²) in [7, 11) is 0. The van der Waals surface area contributed by atoms with Crippen molar-refractivity contribution >= 4 is 11.6 Å². The van der Waals surface area contributed by atoms with Crippen LogP contribution in [0.5, 0.6) is 0 Å². The van der Waals surface area contributed by atoms with Crippen LogP contribution in [0.1, 0.15) is 10.4 Å². The number of benzene rings is 1. The maximum absolute atomic E-state index is 11.7. The monoisotopic (exact) mass is 224 g/mol. The topological polar surface area (TPSA) is 42.0 Å². The highest BCUT2D eigenvalue weighted by Crippen LogP contribution is 2.02. The van der Waals surface area contributed by atoms with E-state index in [0.29, 0.717) is 11.4 Å². The van der Waals surface area contributed by atoms with Gasteiger partial charge in [0.15, 0.2) is 5.78 Å². The molecule has 1 aromatic carbocycles. The summed E-state index contributed by atoms with van der Waals surface area (Å²) < 4.78 is 0. The van der Waals surface area contributed by atoms with Gasteiger partial charge in [-0.05, 0) is 12.1 Å². The Morgan fingerprint density at radius 2 is 1.82 bits per heavy atom. The second kappa shape index (κ2) is 5.61. The molecule has 0 aliphatic rings. The number of nitrogens with zero attached hydrogens (tertiary/aromatic N) is 1. The van der Waals surface area contributed by atoms with E-state index < -0.39 is 0 Å². The fraction of sp³-hybridized carbons (Fsp3) is 0. The van der Waals surface area contributed by atoms with Gasteiger partial charge in [-0.25, -0.2) is 4.98 Å². The van der Waals surface area contributed by atoms with E-state index in [-0.39, 0.29) is 5.78 Å². The van der Waals surface area contributed by atoms with Gasteiger partial charge in [-0.3, -0.25) is 4.79 Å². The molecule has 0 atom stereocenters. The third-order valence-electron chi connectivity index (χ3n) is 2.19. The molecule has 1 N–H and O–H groups in total. The molecule has 0 fully saturated rings. The zero-order valence-corrected chi connectivity index (χ0v) is 9.21. The van der Waals surface area contributed by atoms with Crippen molar-refractivity contribution in [3.05, 3.63) is 72.6 Å². The van der Waals surface area contributed by atoms with Crippen molar-refractivity contribution in [1.82, 2.24) is 4.98 Å². The standard InChI is InChI=1S/C14H12N2O/c17-13(12-6-2-1-3-7-12)9-11-16-14-8-4-5-10-15-14/h1-11H,(H,15,16). The summed E-state index contributed by atoms with van der Waals surface area (Å²) in [6.07, 6.45) is 4.77. The predicted molar refractivity (Wildman–Crippen MR) is 67.8 cm³/mol. The highest BCUT2D eigenvalue weighted by molar-refractivity contribution is 6.04. The van der Waals surface area contributed by atoms with Gasteiger partial charge in [-0.1, -0.05) is 36.4 Å². The van der Waals surface area contributed by atoms with Crippen molar-refractivity contribution in [3.63, 3.8) is 0 Å². The van der Waals surface area contributed by atoms with Gasteiger partial charge in [-0.2, -0.15) is 0 Å². The fourth-order valence-corrected chi connectivity index (χ4v) is 1.35. The van der Waals surface area contributed by atoms with Gasteiger partial charge in [0, 0.05) is 24.0 Å². The number of carbonyl (C=O) groups is 1. The number of allylic oxidation sites excluding steroid dienone is 1. The van der Waals surface area contributed by atoms with Crippen LogP contribution in [0.15, 0.2) is 67.0 Å². The molecule has 3 heteroatoms. The van der Waals surface area contributed by atoms with Crippen molar-refractivity contribution in [2.24, 2.45) is 0 Å². The minimum atomic E-state index is -0.0333. The maximum atomic E-state index is 11.7. The van der Waals surface area contributed by atoms with Gasteiger partial charge >= 0.3 is 0 Å². The van der Waals surface area contributed by atoms with E-state index in [1.165, 1.54) is 6.08 Å². The second-order valence-electron chi connectivity index (χ2n) is 3.42. The third kappa shape index (κ3) is 3.28. The lowest BCUT2D eigenvalue weighted by Crippen LogP contribution is -1.96. The largest absolute Gasteiger partial charge is 0.347 e. The van der Waals surface area contributed by atoms with Gasteiger partial charge in [0.25, 0.3) is 0 Å². The number of rotatable bonds is 4.